The van der Waals surface area contributed by atoms with Crippen molar-refractivity contribution in [1.29, 1.82) is 0 Å². The van der Waals surface area contributed by atoms with Gasteiger partial charge >= 0.3 is 0 Å². The van der Waals surface area contributed by atoms with Gasteiger partial charge in [0.05, 0.1) is 17.2 Å². The van der Waals surface area contributed by atoms with Crippen molar-refractivity contribution < 1.29 is 4.92 Å². The molecule has 5 heteroatoms. The lowest BCUT2D eigenvalue weighted by Crippen LogP contribution is -2.04. The molecule has 0 atom stereocenters. The molecule has 0 saturated heterocycles. The topological polar surface area (TPSA) is 55.5 Å². The van der Waals surface area contributed by atoms with Crippen molar-refractivity contribution in [3.05, 3.63) is 88.0 Å². The van der Waals surface area contributed by atoms with E-state index in [1.54, 1.807) is 12.1 Å². The van der Waals surface area contributed by atoms with Crippen molar-refractivity contribution in [3.8, 4) is 0 Å². The van der Waals surface area contributed by atoms with Crippen molar-refractivity contribution in [2.24, 2.45) is 4.99 Å². The second-order valence-corrected chi connectivity index (χ2v) is 6.11. The molecule has 3 rings (SSSR count). The lowest BCUT2D eigenvalue weighted by atomic mass is 10.0. The molecule has 0 N–H and O–H groups in total. The number of nitro groups is 1. The number of hydrogen-bond donors (Lipinski definition) is 0. The molecule has 0 heterocycles. The van der Waals surface area contributed by atoms with Crippen LogP contribution in [0.4, 0.5) is 5.69 Å². The fourth-order valence-corrected chi connectivity index (χ4v) is 3.24. The van der Waals surface area contributed by atoms with Gasteiger partial charge in [-0.3, -0.25) is 15.1 Å². The molecular weight excluding hydrogens is 415 g/mol. The Morgan fingerprint density at radius 1 is 1.00 bits per heavy atom. The number of benzene rings is 3. The highest BCUT2D eigenvalue weighted by atomic mass is 127. The summed E-state index contributed by atoms with van der Waals surface area (Å²) in [6, 6.07) is 21.1. The zero-order valence-corrected chi connectivity index (χ0v) is 15.0. The van der Waals surface area contributed by atoms with Crippen molar-refractivity contribution in [3.63, 3.8) is 0 Å². The summed E-state index contributed by atoms with van der Waals surface area (Å²) in [5, 5.41) is 13.1. The summed E-state index contributed by atoms with van der Waals surface area (Å²) in [7, 11) is 0. The van der Waals surface area contributed by atoms with Crippen LogP contribution in [0.3, 0.4) is 0 Å². The van der Waals surface area contributed by atoms with Crippen LogP contribution in [0.5, 0.6) is 0 Å². The molecule has 0 radical (unpaired) electrons. The molecule has 0 fully saturated rings. The third-order valence-electron chi connectivity index (χ3n) is 3.83. The van der Waals surface area contributed by atoms with Crippen LogP contribution in [-0.4, -0.2) is 15.1 Å². The van der Waals surface area contributed by atoms with E-state index >= 15 is 0 Å². The van der Waals surface area contributed by atoms with Gasteiger partial charge in [0.15, 0.2) is 0 Å². The molecule has 0 amide bonds. The Bertz CT molecular complexity index is 899. The van der Waals surface area contributed by atoms with Gasteiger partial charge in [0.2, 0.25) is 0 Å². The minimum atomic E-state index is -0.389. The summed E-state index contributed by atoms with van der Waals surface area (Å²) in [6.07, 6.45) is 0. The highest BCUT2D eigenvalue weighted by molar-refractivity contribution is 14.1. The van der Waals surface area contributed by atoms with Crippen molar-refractivity contribution in [2.45, 2.75) is 6.54 Å². The van der Waals surface area contributed by atoms with Crippen LogP contribution >= 0.6 is 22.6 Å². The lowest BCUT2D eigenvalue weighted by Gasteiger charge is -2.08. The van der Waals surface area contributed by atoms with Crippen LogP contribution in [0.25, 0.3) is 10.8 Å². The summed E-state index contributed by atoms with van der Waals surface area (Å²) >= 11 is 2.32. The van der Waals surface area contributed by atoms with Gasteiger partial charge < -0.3 is 0 Å². The smallest absolute Gasteiger partial charge is 0.269 e. The van der Waals surface area contributed by atoms with E-state index in [-0.39, 0.29) is 10.6 Å². The van der Waals surface area contributed by atoms with E-state index in [9.17, 15) is 10.1 Å². The zero-order chi connectivity index (χ0) is 16.9. The fraction of sp³-hybridized carbons (Fsp3) is 0.105. The first-order valence-corrected chi connectivity index (χ1v) is 9.02. The van der Waals surface area contributed by atoms with Crippen molar-refractivity contribution in [2.75, 3.05) is 4.43 Å². The predicted molar refractivity (Wildman–Crippen MR) is 106 cm³/mol. The predicted octanol–water partition coefficient (Wildman–Crippen LogP) is 5.17. The van der Waals surface area contributed by atoms with E-state index in [0.717, 1.165) is 21.3 Å². The van der Waals surface area contributed by atoms with E-state index in [1.165, 1.54) is 22.9 Å². The second-order valence-electron chi connectivity index (χ2n) is 5.35. The number of alkyl halides is 1. The SMILES string of the molecule is O=[N+]([O-])c1ccc(CN=C(CI)c2cccc3ccccc23)cc1. The second kappa shape index (κ2) is 7.53. The molecule has 3 aromatic rings. The lowest BCUT2D eigenvalue weighted by molar-refractivity contribution is -0.384. The van der Waals surface area contributed by atoms with Crippen LogP contribution < -0.4 is 0 Å². The first kappa shape index (κ1) is 16.6. The fourth-order valence-electron chi connectivity index (χ4n) is 2.59. The number of non-ortho nitro benzene ring substituents is 1. The van der Waals surface area contributed by atoms with Gasteiger partial charge in [0, 0.05) is 22.1 Å². The average molecular weight is 430 g/mol. The molecule has 0 spiro atoms. The minimum Gasteiger partial charge on any atom is -0.284 e. The van der Waals surface area contributed by atoms with Gasteiger partial charge in [-0.2, -0.15) is 0 Å². The zero-order valence-electron chi connectivity index (χ0n) is 12.9. The highest BCUT2D eigenvalue weighted by Crippen LogP contribution is 2.21. The number of nitrogens with zero attached hydrogens (tertiary/aromatic N) is 2. The molecule has 3 aromatic carbocycles. The molecule has 0 bridgehead atoms. The Morgan fingerprint density at radius 2 is 1.71 bits per heavy atom. The molecule has 0 unspecified atom stereocenters. The molecule has 0 aliphatic carbocycles. The largest absolute Gasteiger partial charge is 0.284 e. The first-order valence-electron chi connectivity index (χ1n) is 7.50. The normalized spacial score (nSPS) is 11.6. The molecule has 0 aliphatic heterocycles. The van der Waals surface area contributed by atoms with E-state index in [0.29, 0.717) is 6.54 Å². The Morgan fingerprint density at radius 3 is 2.42 bits per heavy atom. The number of fused-ring (bicyclic) bond motifs is 1. The number of nitro benzene ring substituents is 1. The minimum absolute atomic E-state index is 0.103. The maximum absolute atomic E-state index is 10.7. The van der Waals surface area contributed by atoms with E-state index in [2.05, 4.69) is 46.9 Å². The van der Waals surface area contributed by atoms with Crippen LogP contribution in [0.1, 0.15) is 11.1 Å². The third kappa shape index (κ3) is 3.62. The molecule has 0 saturated carbocycles. The summed E-state index contributed by atoms with van der Waals surface area (Å²) in [6.45, 7) is 0.513. The van der Waals surface area contributed by atoms with Gasteiger partial charge in [-0.05, 0) is 16.3 Å². The monoisotopic (exact) mass is 430 g/mol. The first-order chi connectivity index (χ1) is 11.7. The Hall–Kier alpha value is -2.28. The standard InChI is InChI=1S/C19H15IN2O2/c20-12-19(18-7-3-5-15-4-1-2-6-17(15)18)21-13-14-8-10-16(11-9-14)22(23)24/h1-11H,12-13H2. The van der Waals surface area contributed by atoms with Gasteiger partial charge in [-0.25, -0.2) is 0 Å². The molecule has 0 aromatic heterocycles. The summed E-state index contributed by atoms with van der Waals surface area (Å²) in [4.78, 5) is 15.1. The van der Waals surface area contributed by atoms with Crippen LogP contribution in [0, 0.1) is 10.1 Å². The molecular formula is C19H15IN2O2. The van der Waals surface area contributed by atoms with Crippen LogP contribution in [-0.2, 0) is 6.54 Å². The summed E-state index contributed by atoms with van der Waals surface area (Å²) < 4.78 is 0.804. The van der Waals surface area contributed by atoms with E-state index < -0.39 is 0 Å². The van der Waals surface area contributed by atoms with Gasteiger partial charge in [-0.15, -0.1) is 0 Å². The quantitative estimate of drug-likeness (QED) is 0.184. The number of halogens is 1. The van der Waals surface area contributed by atoms with Crippen LogP contribution in [0.2, 0.25) is 0 Å². The van der Waals surface area contributed by atoms with Gasteiger partial charge in [0.25, 0.3) is 5.69 Å². The number of hydrogen-bond acceptors (Lipinski definition) is 3. The maximum Gasteiger partial charge on any atom is 0.269 e. The summed E-state index contributed by atoms with van der Waals surface area (Å²) in [5.74, 6) is 0. The van der Waals surface area contributed by atoms with Crippen LogP contribution in [0.15, 0.2) is 71.7 Å². The Kier molecular flexibility index (Phi) is 5.20. The van der Waals surface area contributed by atoms with E-state index in [1.807, 2.05) is 18.2 Å². The van der Waals surface area contributed by atoms with Gasteiger partial charge in [0.1, 0.15) is 0 Å². The summed E-state index contributed by atoms with van der Waals surface area (Å²) in [5.41, 5.74) is 3.24. The van der Waals surface area contributed by atoms with Crippen molar-refractivity contribution >= 4 is 44.8 Å². The third-order valence-corrected chi connectivity index (χ3v) is 4.55. The number of aliphatic imine (C=N–C) groups is 1. The molecule has 4 nitrogen and oxygen atoms in total. The maximum atomic E-state index is 10.7. The highest BCUT2D eigenvalue weighted by Gasteiger charge is 2.07. The molecule has 24 heavy (non-hydrogen) atoms. The Balaban J connectivity index is 1.90. The Labute approximate surface area is 153 Å². The number of rotatable bonds is 5. The molecule has 0 aliphatic rings. The van der Waals surface area contributed by atoms with Gasteiger partial charge in [-0.1, -0.05) is 77.2 Å². The van der Waals surface area contributed by atoms with Crippen molar-refractivity contribution in [1.82, 2.24) is 0 Å². The average Bonchev–Trinajstić information content (AvgIpc) is 2.62. The van der Waals surface area contributed by atoms with E-state index in [4.69, 9.17) is 4.99 Å². The molecule has 120 valence electrons.